The van der Waals surface area contributed by atoms with Gasteiger partial charge in [-0.3, -0.25) is 18.6 Å². The van der Waals surface area contributed by atoms with Crippen molar-refractivity contribution >= 4 is 19.8 Å². The quantitative estimate of drug-likeness (QED) is 0.0211. The Kier molecular flexibility index (Phi) is 78.7. The normalized spacial score (nSPS) is 13.7. The van der Waals surface area contributed by atoms with E-state index in [9.17, 15) is 19.0 Å². The topological polar surface area (TPSA) is 108 Å². The fourth-order valence-electron chi connectivity index (χ4n) is 12.1. The van der Waals surface area contributed by atoms with Crippen molar-refractivity contribution in [2.45, 2.75) is 386 Å². The van der Waals surface area contributed by atoms with Crippen molar-refractivity contribution in [3.63, 3.8) is 0 Å². The van der Waals surface area contributed by atoms with Crippen LogP contribution in [-0.2, 0) is 32.7 Å². The van der Waals surface area contributed by atoms with Crippen molar-refractivity contribution < 1.29 is 42.1 Å². The molecule has 0 aliphatic rings. The van der Waals surface area contributed by atoms with Gasteiger partial charge in [-0.15, -0.1) is 0 Å². The number of ether oxygens (including phenoxy) is 2. The van der Waals surface area contributed by atoms with Crippen LogP contribution >= 0.6 is 7.82 Å². The zero-order chi connectivity index (χ0) is 74.7. The van der Waals surface area contributed by atoms with Crippen molar-refractivity contribution in [1.29, 1.82) is 0 Å². The molecule has 1 N–H and O–H groups in total. The summed E-state index contributed by atoms with van der Waals surface area (Å²) in [5.41, 5.74) is 0. The highest BCUT2D eigenvalue weighted by atomic mass is 31.2. The van der Waals surface area contributed by atoms with Gasteiger partial charge in [-0.05, 0) is 103 Å². The van der Waals surface area contributed by atoms with Gasteiger partial charge in [-0.1, -0.05) is 410 Å². The molecule has 0 amide bonds. The molecule has 0 aromatic heterocycles. The predicted octanol–water partition coefficient (Wildman–Crippen LogP) is 29.2. The third-order valence-electron chi connectivity index (χ3n) is 18.6. The van der Waals surface area contributed by atoms with Gasteiger partial charge in [0.25, 0.3) is 0 Å². The zero-order valence-corrected chi connectivity index (χ0v) is 68.7. The van der Waals surface area contributed by atoms with Crippen LogP contribution < -0.4 is 0 Å². The molecule has 2 unspecified atom stereocenters. The van der Waals surface area contributed by atoms with Gasteiger partial charge in [0.05, 0.1) is 27.7 Å². The zero-order valence-electron chi connectivity index (χ0n) is 67.8. The Morgan fingerprint density at radius 2 is 0.553 bits per heavy atom. The van der Waals surface area contributed by atoms with Crippen LogP contribution in [0.3, 0.4) is 0 Å². The van der Waals surface area contributed by atoms with E-state index in [0.717, 1.165) is 109 Å². The summed E-state index contributed by atoms with van der Waals surface area (Å²) in [6.07, 6.45) is 122. The summed E-state index contributed by atoms with van der Waals surface area (Å²) in [6, 6.07) is 0. The lowest BCUT2D eigenvalue weighted by molar-refractivity contribution is -0.870. The Morgan fingerprint density at radius 3 is 0.825 bits per heavy atom. The Bertz CT molecular complexity index is 2260. The third kappa shape index (κ3) is 86.7. The second-order valence-electron chi connectivity index (χ2n) is 29.8. The van der Waals surface area contributed by atoms with Crippen molar-refractivity contribution in [1.82, 2.24) is 0 Å². The molecule has 0 aromatic rings. The van der Waals surface area contributed by atoms with E-state index in [0.29, 0.717) is 17.4 Å². The molecule has 0 bridgehead atoms. The second-order valence-corrected chi connectivity index (χ2v) is 31.3. The van der Waals surface area contributed by atoms with Gasteiger partial charge < -0.3 is 18.9 Å². The molecule has 0 rings (SSSR count). The molecule has 103 heavy (non-hydrogen) atoms. The molecule has 592 valence electrons. The van der Waals surface area contributed by atoms with E-state index < -0.39 is 26.5 Å². The predicted molar refractivity (Wildman–Crippen MR) is 450 cm³/mol. The highest BCUT2D eigenvalue weighted by Gasteiger charge is 2.27. The average Bonchev–Trinajstić information content (AvgIpc) is 1.01. The Hall–Kier alpha value is -4.11. The fraction of sp³-hybridized carbons (Fsp3) is 0.720. The van der Waals surface area contributed by atoms with Gasteiger partial charge >= 0.3 is 19.8 Å². The summed E-state index contributed by atoms with van der Waals surface area (Å²) < 4.78 is 34.8. The largest absolute Gasteiger partial charge is 0.472 e. The van der Waals surface area contributed by atoms with Gasteiger partial charge in [-0.25, -0.2) is 4.57 Å². The van der Waals surface area contributed by atoms with Crippen molar-refractivity contribution in [2.75, 3.05) is 47.5 Å². The van der Waals surface area contributed by atoms with Crippen LogP contribution in [0.4, 0.5) is 0 Å². The SMILES string of the molecule is CC/C=C\C/C=C\C/C=C\C/C=C\C/C=C\C/C=C\C/C=C\C/C=C\C/C=C\C/C=C\C/C=C\C/C=C\CCCCC(=O)OC(COC(=O)CCCCCCCCCCCCCCCCCCCCCCCCCCCCCCCCCCCCCCCCCC)COP(=O)(O)OCC[N+](C)(C)C. The number of hydrogen-bond acceptors (Lipinski definition) is 7. The van der Waals surface area contributed by atoms with Crippen LogP contribution in [0.5, 0.6) is 0 Å². The van der Waals surface area contributed by atoms with Gasteiger partial charge in [0.1, 0.15) is 19.8 Å². The van der Waals surface area contributed by atoms with E-state index in [4.69, 9.17) is 18.5 Å². The lowest BCUT2D eigenvalue weighted by Gasteiger charge is -2.24. The molecular weight excluding hydrogens is 1290 g/mol. The molecule has 0 aliphatic heterocycles. The molecule has 0 fully saturated rings. The first-order chi connectivity index (χ1) is 50.5. The van der Waals surface area contributed by atoms with Gasteiger partial charge in [0.15, 0.2) is 6.10 Å². The maximum Gasteiger partial charge on any atom is 0.472 e. The van der Waals surface area contributed by atoms with E-state index in [1.165, 1.54) is 238 Å². The summed E-state index contributed by atoms with van der Waals surface area (Å²) in [5.74, 6) is -0.844. The molecule has 9 nitrogen and oxygen atoms in total. The first-order valence-electron chi connectivity index (χ1n) is 43.1. The van der Waals surface area contributed by atoms with Gasteiger partial charge in [0.2, 0.25) is 0 Å². The number of carbonyl (C=O) groups is 2. The molecule has 0 spiro atoms. The highest BCUT2D eigenvalue weighted by Crippen LogP contribution is 2.43. The van der Waals surface area contributed by atoms with E-state index in [1.54, 1.807) is 0 Å². The number of carbonyl (C=O) groups excluding carboxylic acids is 2. The van der Waals surface area contributed by atoms with Crippen molar-refractivity contribution in [3.05, 3.63) is 146 Å². The number of unbranched alkanes of at least 4 members (excludes halogenated alkanes) is 41. The number of quaternary nitrogens is 1. The van der Waals surface area contributed by atoms with E-state index in [1.807, 2.05) is 21.1 Å². The summed E-state index contributed by atoms with van der Waals surface area (Å²) in [5, 5.41) is 0. The molecule has 0 saturated carbocycles. The molecule has 0 saturated heterocycles. The third-order valence-corrected chi connectivity index (χ3v) is 19.6. The second kappa shape index (κ2) is 82.0. The van der Waals surface area contributed by atoms with Crippen LogP contribution in [-0.4, -0.2) is 74.9 Å². The maximum absolute atomic E-state index is 12.9. The lowest BCUT2D eigenvalue weighted by Crippen LogP contribution is -2.37. The molecule has 0 radical (unpaired) electrons. The summed E-state index contributed by atoms with van der Waals surface area (Å²) in [7, 11) is 1.44. The van der Waals surface area contributed by atoms with Gasteiger partial charge in [0, 0.05) is 12.8 Å². The number of likely N-dealkylation sites (N-methyl/N-ethyl adjacent to an activating group) is 1. The monoisotopic (exact) mass is 1450 g/mol. The first kappa shape index (κ1) is 98.9. The smallest absolute Gasteiger partial charge is 0.462 e. The number of phosphoric ester groups is 1. The minimum absolute atomic E-state index is 0.0173. The first-order valence-corrected chi connectivity index (χ1v) is 44.6. The average molecular weight is 1450 g/mol. The van der Waals surface area contributed by atoms with Crippen molar-refractivity contribution in [2.24, 2.45) is 0 Å². The van der Waals surface area contributed by atoms with Crippen LogP contribution in [0.1, 0.15) is 380 Å². The minimum Gasteiger partial charge on any atom is -0.462 e. The Balaban J connectivity index is 4.02. The molecule has 2 atom stereocenters. The van der Waals surface area contributed by atoms with E-state index >= 15 is 0 Å². The van der Waals surface area contributed by atoms with Crippen LogP contribution in [0.15, 0.2) is 146 Å². The molecule has 0 aromatic carbocycles. The van der Waals surface area contributed by atoms with Crippen LogP contribution in [0, 0.1) is 0 Å². The number of rotatable bonds is 79. The highest BCUT2D eigenvalue weighted by molar-refractivity contribution is 7.47. The van der Waals surface area contributed by atoms with E-state index in [-0.39, 0.29) is 32.0 Å². The van der Waals surface area contributed by atoms with Crippen LogP contribution in [0.2, 0.25) is 0 Å². The minimum atomic E-state index is -4.42. The number of hydrogen-bond donors (Lipinski definition) is 1. The molecule has 0 heterocycles. The molecular formula is C93H163NO8P+. The van der Waals surface area contributed by atoms with E-state index in [2.05, 4.69) is 160 Å². The number of allylic oxidation sites excluding steroid dienone is 24. The number of esters is 2. The van der Waals surface area contributed by atoms with Gasteiger partial charge in [-0.2, -0.15) is 0 Å². The molecule has 0 aliphatic carbocycles. The summed E-state index contributed by atoms with van der Waals surface area (Å²) in [6.45, 7) is 4.30. The summed E-state index contributed by atoms with van der Waals surface area (Å²) in [4.78, 5) is 36.0. The number of phosphoric acid groups is 1. The molecule has 10 heteroatoms. The Morgan fingerprint density at radius 1 is 0.311 bits per heavy atom. The van der Waals surface area contributed by atoms with Crippen molar-refractivity contribution in [3.8, 4) is 0 Å². The fourth-order valence-corrected chi connectivity index (χ4v) is 12.9. The standard InChI is InChI=1S/C93H162NO8P/c1-6-8-10-12-14-16-18-20-22-24-26-28-30-32-34-36-38-40-42-44-46-48-49-51-53-55-57-59-61-63-65-67-69-71-73-75-77-79-81-83-85-92(95)99-89-91(90-101-103(97,98)100-88-87-94(3,4)5)102-93(96)86-84-82-80-78-76-74-72-70-68-66-64-62-60-58-56-54-52-50-47-45-43-41-39-37-35-33-31-29-27-25-23-21-19-17-15-13-11-9-7-2/h9,11,15,17,21,23,27,29,33,35,39,41,45,47,52,54,58,60,64,66,70,72,76,78,91H,6-8,10,12-14,16,18-20,22,24-26,28,30-32,34,36-38,40,42-44,46,48-51,53,55-57,59,61-63,65,67-69,71,73-75,77,79-90H2,1-5H3/p+1/b11-9-,17-15-,23-21-,29-27-,35-33-,41-39-,47-45-,54-52-,60-58-,66-64-,72-70-,78-76-. The number of nitrogens with zero attached hydrogens (tertiary/aromatic N) is 1. The Labute approximate surface area is 637 Å². The van der Waals surface area contributed by atoms with Crippen LogP contribution in [0.25, 0.3) is 0 Å². The maximum atomic E-state index is 12.9. The lowest BCUT2D eigenvalue weighted by atomic mass is 10.0. The summed E-state index contributed by atoms with van der Waals surface area (Å²) >= 11 is 0.